The van der Waals surface area contributed by atoms with E-state index in [4.69, 9.17) is 4.98 Å². The van der Waals surface area contributed by atoms with Crippen molar-refractivity contribution in [1.82, 2.24) is 14.1 Å². The Morgan fingerprint density at radius 3 is 1.88 bits per heavy atom. The average molecular weight is 809 g/mol. The molecule has 0 fully saturated rings. The van der Waals surface area contributed by atoms with Crippen LogP contribution in [0.3, 0.4) is 0 Å². The van der Waals surface area contributed by atoms with E-state index in [0.29, 0.717) is 0 Å². The molecule has 6 aromatic carbocycles. The van der Waals surface area contributed by atoms with E-state index in [1.807, 2.05) is 12.3 Å². The zero-order valence-corrected chi connectivity index (χ0v) is 29.5. The zero-order valence-electron chi connectivity index (χ0n) is 27.2. The fourth-order valence-electron chi connectivity index (χ4n) is 6.85. The van der Waals surface area contributed by atoms with Crippen LogP contribution in [0.1, 0.15) is 5.56 Å². The molecule has 5 heteroatoms. The van der Waals surface area contributed by atoms with Crippen molar-refractivity contribution in [3.05, 3.63) is 179 Å². The van der Waals surface area contributed by atoms with E-state index < -0.39 is 0 Å². The van der Waals surface area contributed by atoms with Gasteiger partial charge in [0.05, 0.1) is 0 Å². The third-order valence-electron chi connectivity index (χ3n) is 9.15. The first-order valence-corrected chi connectivity index (χ1v) is 17.5. The van der Waals surface area contributed by atoms with Gasteiger partial charge >= 0.3 is 287 Å². The predicted molar refractivity (Wildman–Crippen MR) is 200 cm³/mol. The van der Waals surface area contributed by atoms with Gasteiger partial charge in [-0.15, -0.1) is 0 Å². The molecule has 49 heavy (non-hydrogen) atoms. The van der Waals surface area contributed by atoms with E-state index in [-0.39, 0.29) is 6.71 Å². The standard InChI is InChI=1S/C44H32BN3.Pt/c1-32-26-27-46-41(28-32)35-18-11-19-36(29-35)45(37-20-12-21-38(30-37)48-31-47(2)42-24-9-10-25-43(42)48)44-39(33-14-5-3-6-15-33)22-13-23-40(44)34-16-7-4-8-17-34;/h3-28H,1-2H3;/q-2;. The molecule has 0 bridgehead atoms. The number of rotatable bonds is 7. The van der Waals surface area contributed by atoms with E-state index in [9.17, 15) is 0 Å². The molecule has 3 nitrogen and oxygen atoms in total. The van der Waals surface area contributed by atoms with Gasteiger partial charge in [0.25, 0.3) is 0 Å². The summed E-state index contributed by atoms with van der Waals surface area (Å²) in [6, 6.07) is 61.6. The number of benzene rings is 6. The normalized spacial score (nSPS) is 11.2. The number of nitrogens with zero attached hydrogens (tertiary/aromatic N) is 3. The first-order chi connectivity index (χ1) is 24.1. The third-order valence-corrected chi connectivity index (χ3v) is 10.4. The molecule has 0 saturated heterocycles. The Morgan fingerprint density at radius 1 is 0.612 bits per heavy atom. The van der Waals surface area contributed by atoms with Crippen LogP contribution in [0, 0.1) is 22.9 Å². The first-order valence-electron chi connectivity index (χ1n) is 16.4. The Bertz CT molecular complexity index is 2440. The van der Waals surface area contributed by atoms with Gasteiger partial charge in [-0.1, -0.05) is 0 Å². The van der Waals surface area contributed by atoms with E-state index in [2.05, 4.69) is 200 Å². The Hall–Kier alpha value is -5.31. The van der Waals surface area contributed by atoms with Gasteiger partial charge in [0, 0.05) is 0 Å². The molecule has 0 unspecified atom stereocenters. The van der Waals surface area contributed by atoms with Crippen molar-refractivity contribution >= 4 is 34.1 Å². The number of fused-ring (bicyclic) bond motifs is 1. The Morgan fingerprint density at radius 2 is 1.20 bits per heavy atom. The summed E-state index contributed by atoms with van der Waals surface area (Å²) in [6.07, 6.45) is 1.88. The summed E-state index contributed by atoms with van der Waals surface area (Å²) in [4.78, 5) is 4.74. The van der Waals surface area contributed by atoms with Gasteiger partial charge in [0.2, 0.25) is 0 Å². The molecule has 0 amide bonds. The van der Waals surface area contributed by atoms with Crippen molar-refractivity contribution in [2.24, 2.45) is 7.05 Å². The van der Waals surface area contributed by atoms with Crippen LogP contribution in [0.5, 0.6) is 0 Å². The molecule has 0 radical (unpaired) electrons. The summed E-state index contributed by atoms with van der Waals surface area (Å²) in [5, 5.41) is 0. The number of hydrogen-bond acceptors (Lipinski definition) is 1. The van der Waals surface area contributed by atoms with Crippen LogP contribution in [0.15, 0.2) is 158 Å². The maximum absolute atomic E-state index is 4.74. The van der Waals surface area contributed by atoms with Crippen molar-refractivity contribution in [2.75, 3.05) is 0 Å². The van der Waals surface area contributed by atoms with E-state index in [1.54, 1.807) is 0 Å². The minimum absolute atomic E-state index is 0.190. The summed E-state index contributed by atoms with van der Waals surface area (Å²) in [7, 11) is 2.12. The number of aromatic nitrogens is 3. The molecule has 8 aromatic rings. The van der Waals surface area contributed by atoms with Crippen LogP contribution >= 0.6 is 0 Å². The second-order valence-corrected chi connectivity index (χ2v) is 13.3. The first kappa shape index (κ1) is 31.0. The molecule has 0 spiro atoms. The van der Waals surface area contributed by atoms with Gasteiger partial charge in [-0.25, -0.2) is 0 Å². The van der Waals surface area contributed by atoms with Gasteiger partial charge in [-0.05, 0) is 13.0 Å². The Balaban J connectivity index is 1.43. The zero-order chi connectivity index (χ0) is 33.3. The second-order valence-electron chi connectivity index (χ2n) is 12.3. The van der Waals surface area contributed by atoms with E-state index >= 15 is 0 Å². The van der Waals surface area contributed by atoms with Crippen molar-refractivity contribution < 1.29 is 19.4 Å². The van der Waals surface area contributed by atoms with Gasteiger partial charge in [0.1, 0.15) is 0 Å². The molecule has 0 aliphatic rings. The van der Waals surface area contributed by atoms with E-state index in [1.165, 1.54) is 38.8 Å². The number of aryl methyl sites for hydroxylation is 2. The predicted octanol–water partition coefficient (Wildman–Crippen LogP) is 7.87. The Kier molecular flexibility index (Phi) is 8.41. The quantitative estimate of drug-likeness (QED) is 0.119. The van der Waals surface area contributed by atoms with Crippen molar-refractivity contribution in [3.63, 3.8) is 0 Å². The summed E-state index contributed by atoms with van der Waals surface area (Å²) < 4.78 is 5.65. The maximum atomic E-state index is 4.74. The summed E-state index contributed by atoms with van der Waals surface area (Å²) in [5.74, 6) is 0. The number of hydrogen-bond donors (Lipinski definition) is 0. The molecule has 238 valence electrons. The fraction of sp³-hybridized carbons (Fsp3) is 0.0455. The summed E-state index contributed by atoms with van der Waals surface area (Å²) in [6.45, 7) is 1.91. The number of pyridine rings is 1. The van der Waals surface area contributed by atoms with Crippen molar-refractivity contribution in [1.29, 1.82) is 0 Å². The van der Waals surface area contributed by atoms with Crippen molar-refractivity contribution in [3.8, 4) is 39.2 Å². The van der Waals surface area contributed by atoms with Crippen molar-refractivity contribution in [2.45, 2.75) is 6.92 Å². The molecule has 0 aliphatic heterocycles. The molecule has 0 saturated carbocycles. The molecular weight excluding hydrogens is 776 g/mol. The molecule has 0 atom stereocenters. The van der Waals surface area contributed by atoms with Gasteiger partial charge in [-0.2, -0.15) is 0 Å². The van der Waals surface area contributed by atoms with Crippen LogP contribution in [-0.4, -0.2) is 20.8 Å². The van der Waals surface area contributed by atoms with Crippen LogP contribution < -0.4 is 16.4 Å². The molecule has 2 aromatic heterocycles. The van der Waals surface area contributed by atoms with Crippen LogP contribution in [-0.2, 0) is 26.4 Å². The SMILES string of the molecule is Cc1ccnc(-c2[c-]c(B(c3[c-]c(-n4[c](=[Pt])n(C)c5ccccc54)ccc3)c3c(-c4ccccc4)cccc3-c3ccccc3)ccc2)c1. The summed E-state index contributed by atoms with van der Waals surface area (Å²) >= 11 is 2.43. The number of imidazole rings is 1. The molecular formula is C44H32BN3Pt-2. The third kappa shape index (κ3) is 5.88. The minimum atomic E-state index is -0.190. The van der Waals surface area contributed by atoms with Crippen LogP contribution in [0.4, 0.5) is 0 Å². The second kappa shape index (κ2) is 13.3. The van der Waals surface area contributed by atoms with Crippen LogP contribution in [0.25, 0.3) is 50.2 Å². The molecule has 2 heterocycles. The molecule has 8 rings (SSSR count). The summed E-state index contributed by atoms with van der Waals surface area (Å²) in [5.41, 5.74) is 14.4. The molecule has 0 N–H and O–H groups in total. The number of para-hydroxylation sites is 2. The average Bonchev–Trinajstić information content (AvgIpc) is 3.41. The van der Waals surface area contributed by atoms with Gasteiger partial charge < -0.3 is 0 Å². The van der Waals surface area contributed by atoms with E-state index in [0.717, 1.165) is 37.2 Å². The van der Waals surface area contributed by atoms with Gasteiger partial charge in [0.15, 0.2) is 0 Å². The Labute approximate surface area is 298 Å². The van der Waals surface area contributed by atoms with Crippen LogP contribution in [0.2, 0.25) is 0 Å². The topological polar surface area (TPSA) is 22.8 Å². The van der Waals surface area contributed by atoms with Gasteiger partial charge in [-0.3, -0.25) is 0 Å². The monoisotopic (exact) mass is 808 g/mol. The molecule has 0 aliphatic carbocycles. The fourth-order valence-corrected chi connectivity index (χ4v) is 7.67.